The lowest BCUT2D eigenvalue weighted by Gasteiger charge is -2.13. The van der Waals surface area contributed by atoms with Crippen LogP contribution in [0.5, 0.6) is 5.75 Å². The Balaban J connectivity index is 2.10. The highest BCUT2D eigenvalue weighted by molar-refractivity contribution is 5.95. The Bertz CT molecular complexity index is 870. The number of benzene rings is 2. The number of carbonyl (C=O) groups excluding carboxylic acids is 3. The molecule has 2 amide bonds. The minimum Gasteiger partial charge on any atom is -0.423 e. The third-order valence-corrected chi connectivity index (χ3v) is 3.89. The number of esters is 1. The third-order valence-electron chi connectivity index (χ3n) is 3.89. The molecule has 6 heteroatoms. The standard InChI is InChI=1S/C21H22N2O4/c1-5-19(24)22-13-15-7-10-16(11-8-15)21(26)27-18-12-17(9-6-14(18)2)20(25)23(3)4/h5-12H,1,13H2,2-4H3,(H,22,24). The number of ether oxygens (including phenoxy) is 1. The number of carbonyl (C=O) groups is 3. The van der Waals surface area contributed by atoms with E-state index in [9.17, 15) is 14.4 Å². The van der Waals surface area contributed by atoms with Crippen molar-refractivity contribution in [2.24, 2.45) is 0 Å². The molecule has 0 saturated heterocycles. The van der Waals surface area contributed by atoms with E-state index in [0.717, 1.165) is 11.1 Å². The summed E-state index contributed by atoms with van der Waals surface area (Å²) in [7, 11) is 3.32. The maximum atomic E-state index is 12.4. The second kappa shape index (κ2) is 8.80. The van der Waals surface area contributed by atoms with Gasteiger partial charge in [-0.1, -0.05) is 24.8 Å². The number of hydrogen-bond acceptors (Lipinski definition) is 4. The molecular formula is C21H22N2O4. The van der Waals surface area contributed by atoms with E-state index in [4.69, 9.17) is 4.74 Å². The van der Waals surface area contributed by atoms with Crippen molar-refractivity contribution < 1.29 is 19.1 Å². The van der Waals surface area contributed by atoms with Crippen molar-refractivity contribution in [3.63, 3.8) is 0 Å². The van der Waals surface area contributed by atoms with Crippen LogP contribution in [0.25, 0.3) is 0 Å². The molecule has 0 aliphatic heterocycles. The van der Waals surface area contributed by atoms with E-state index in [-0.39, 0.29) is 11.8 Å². The predicted molar refractivity (Wildman–Crippen MR) is 103 cm³/mol. The molecule has 0 aliphatic rings. The second-order valence-electron chi connectivity index (χ2n) is 6.19. The molecule has 27 heavy (non-hydrogen) atoms. The van der Waals surface area contributed by atoms with Gasteiger partial charge in [-0.15, -0.1) is 0 Å². The van der Waals surface area contributed by atoms with Gasteiger partial charge in [0, 0.05) is 26.2 Å². The van der Waals surface area contributed by atoms with Crippen LogP contribution in [0.1, 0.15) is 31.8 Å². The summed E-state index contributed by atoms with van der Waals surface area (Å²) in [5.74, 6) is -0.608. The van der Waals surface area contributed by atoms with Gasteiger partial charge in [-0.05, 0) is 48.4 Å². The van der Waals surface area contributed by atoms with E-state index in [1.165, 1.54) is 11.0 Å². The van der Waals surface area contributed by atoms with Crippen LogP contribution in [0, 0.1) is 6.92 Å². The van der Waals surface area contributed by atoms with E-state index in [2.05, 4.69) is 11.9 Å². The molecule has 1 N–H and O–H groups in total. The Morgan fingerprint density at radius 3 is 2.30 bits per heavy atom. The van der Waals surface area contributed by atoms with E-state index < -0.39 is 5.97 Å². The van der Waals surface area contributed by atoms with Crippen LogP contribution in [0.4, 0.5) is 0 Å². The smallest absolute Gasteiger partial charge is 0.343 e. The molecule has 2 aromatic rings. The van der Waals surface area contributed by atoms with Crippen molar-refractivity contribution in [2.75, 3.05) is 14.1 Å². The van der Waals surface area contributed by atoms with Gasteiger partial charge >= 0.3 is 5.97 Å². The van der Waals surface area contributed by atoms with Gasteiger partial charge in [0.2, 0.25) is 5.91 Å². The highest BCUT2D eigenvalue weighted by Crippen LogP contribution is 2.21. The van der Waals surface area contributed by atoms with Gasteiger partial charge in [0.1, 0.15) is 5.75 Å². The average molecular weight is 366 g/mol. The number of amides is 2. The molecule has 2 aromatic carbocycles. The van der Waals surface area contributed by atoms with Crippen molar-refractivity contribution in [1.29, 1.82) is 0 Å². The molecule has 2 rings (SSSR count). The summed E-state index contributed by atoms with van der Waals surface area (Å²) < 4.78 is 5.46. The lowest BCUT2D eigenvalue weighted by atomic mass is 10.1. The van der Waals surface area contributed by atoms with Gasteiger partial charge in [0.15, 0.2) is 0 Å². The fourth-order valence-corrected chi connectivity index (χ4v) is 2.28. The Kier molecular flexibility index (Phi) is 6.49. The second-order valence-corrected chi connectivity index (χ2v) is 6.19. The number of nitrogens with one attached hydrogen (secondary N) is 1. The van der Waals surface area contributed by atoms with Gasteiger partial charge in [-0.2, -0.15) is 0 Å². The summed E-state index contributed by atoms with van der Waals surface area (Å²) in [6.07, 6.45) is 1.20. The van der Waals surface area contributed by atoms with Gasteiger partial charge in [-0.25, -0.2) is 4.79 Å². The monoisotopic (exact) mass is 366 g/mol. The van der Waals surface area contributed by atoms with Gasteiger partial charge in [0.05, 0.1) is 5.56 Å². The highest BCUT2D eigenvalue weighted by atomic mass is 16.5. The van der Waals surface area contributed by atoms with Crippen LogP contribution in [0.2, 0.25) is 0 Å². The van der Waals surface area contributed by atoms with E-state index in [1.54, 1.807) is 63.5 Å². The summed E-state index contributed by atoms with van der Waals surface area (Å²) in [4.78, 5) is 37.1. The SMILES string of the molecule is C=CC(=O)NCc1ccc(C(=O)Oc2cc(C(=O)N(C)C)ccc2C)cc1. The van der Waals surface area contributed by atoms with Gasteiger partial charge in [0.25, 0.3) is 5.91 Å². The maximum absolute atomic E-state index is 12.4. The maximum Gasteiger partial charge on any atom is 0.343 e. The molecule has 0 radical (unpaired) electrons. The summed E-state index contributed by atoms with van der Waals surface area (Å²) >= 11 is 0. The normalized spacial score (nSPS) is 10.0. The molecule has 0 aliphatic carbocycles. The van der Waals surface area contributed by atoms with Crippen LogP contribution in [-0.4, -0.2) is 36.8 Å². The van der Waals surface area contributed by atoms with Gasteiger partial charge in [-0.3, -0.25) is 9.59 Å². The van der Waals surface area contributed by atoms with Crippen molar-refractivity contribution in [1.82, 2.24) is 10.2 Å². The molecular weight excluding hydrogens is 344 g/mol. The van der Waals surface area contributed by atoms with Crippen molar-refractivity contribution in [3.8, 4) is 5.75 Å². The largest absolute Gasteiger partial charge is 0.423 e. The number of hydrogen-bond donors (Lipinski definition) is 1. The lowest BCUT2D eigenvalue weighted by molar-refractivity contribution is -0.116. The summed E-state index contributed by atoms with van der Waals surface area (Å²) in [5, 5.41) is 2.66. The number of rotatable bonds is 6. The zero-order valence-electron chi connectivity index (χ0n) is 15.6. The zero-order valence-corrected chi connectivity index (χ0v) is 15.6. The quantitative estimate of drug-likeness (QED) is 0.485. The summed E-state index contributed by atoms with van der Waals surface area (Å²) in [5.41, 5.74) is 2.41. The summed E-state index contributed by atoms with van der Waals surface area (Å²) in [6, 6.07) is 11.7. The minimum atomic E-state index is -0.519. The Labute approximate surface area is 158 Å². The van der Waals surface area contributed by atoms with Crippen molar-refractivity contribution in [3.05, 3.63) is 77.4 Å². The van der Waals surface area contributed by atoms with Crippen LogP contribution >= 0.6 is 0 Å². The fourth-order valence-electron chi connectivity index (χ4n) is 2.28. The molecule has 0 unspecified atom stereocenters. The molecule has 0 atom stereocenters. The Morgan fingerprint density at radius 1 is 1.07 bits per heavy atom. The molecule has 0 saturated carbocycles. The van der Waals surface area contributed by atoms with Crippen molar-refractivity contribution in [2.45, 2.75) is 13.5 Å². The molecule has 0 fully saturated rings. The van der Waals surface area contributed by atoms with Crippen LogP contribution in [0.15, 0.2) is 55.1 Å². The first-order chi connectivity index (χ1) is 12.8. The topological polar surface area (TPSA) is 75.7 Å². The lowest BCUT2D eigenvalue weighted by Crippen LogP contribution is -2.21. The Morgan fingerprint density at radius 2 is 1.70 bits per heavy atom. The molecule has 0 heterocycles. The number of nitrogens with zero attached hydrogens (tertiary/aromatic N) is 1. The first-order valence-electron chi connectivity index (χ1n) is 8.35. The van der Waals surface area contributed by atoms with Crippen LogP contribution in [-0.2, 0) is 11.3 Å². The third kappa shape index (κ3) is 5.28. The fraction of sp³-hybridized carbons (Fsp3) is 0.190. The number of aryl methyl sites for hydroxylation is 1. The van der Waals surface area contributed by atoms with Crippen LogP contribution in [0.3, 0.4) is 0 Å². The molecule has 6 nitrogen and oxygen atoms in total. The summed E-state index contributed by atoms with van der Waals surface area (Å²) in [6.45, 7) is 5.53. The minimum absolute atomic E-state index is 0.168. The van der Waals surface area contributed by atoms with E-state index >= 15 is 0 Å². The molecule has 0 spiro atoms. The van der Waals surface area contributed by atoms with E-state index in [1.807, 2.05) is 0 Å². The van der Waals surface area contributed by atoms with E-state index in [0.29, 0.717) is 23.4 Å². The van der Waals surface area contributed by atoms with Crippen molar-refractivity contribution >= 4 is 17.8 Å². The molecule has 140 valence electrons. The molecule has 0 bridgehead atoms. The first kappa shape index (κ1) is 19.9. The molecule has 0 aromatic heterocycles. The predicted octanol–water partition coefficient (Wildman–Crippen LogP) is 2.72. The van der Waals surface area contributed by atoms with Crippen LogP contribution < -0.4 is 10.1 Å². The highest BCUT2D eigenvalue weighted by Gasteiger charge is 2.14. The average Bonchev–Trinajstić information content (AvgIpc) is 2.67. The van der Waals surface area contributed by atoms with Gasteiger partial charge < -0.3 is 15.0 Å². The first-order valence-corrected chi connectivity index (χ1v) is 8.35. The zero-order chi connectivity index (χ0) is 20.0. The Hall–Kier alpha value is -3.41.